The Morgan fingerprint density at radius 2 is 2.00 bits per heavy atom. The second-order valence-electron chi connectivity index (χ2n) is 5.34. The average Bonchev–Trinajstić information content (AvgIpc) is 2.90. The summed E-state index contributed by atoms with van der Waals surface area (Å²) in [6.07, 6.45) is 0.714. The molecule has 3 nitrogen and oxygen atoms in total. The number of phenols is 1. The standard InChI is InChI=1S/C17H15BrFNO2S/c18-14-9-12(3-6-15(14)19)17-20(16(22)10-23-17)8-7-11-1-4-13(21)5-2-11/h1-6,9,17,21H,7-8,10H2. The molecule has 3 rings (SSSR count). The highest BCUT2D eigenvalue weighted by Crippen LogP contribution is 2.39. The maximum Gasteiger partial charge on any atom is 0.233 e. The van der Waals surface area contributed by atoms with Gasteiger partial charge in [0.15, 0.2) is 0 Å². The third kappa shape index (κ3) is 3.70. The first-order valence-corrected chi connectivity index (χ1v) is 9.03. The first kappa shape index (κ1) is 16.3. The van der Waals surface area contributed by atoms with Crippen LogP contribution in [0.1, 0.15) is 16.5 Å². The van der Waals surface area contributed by atoms with Gasteiger partial charge < -0.3 is 10.0 Å². The molecule has 0 bridgehead atoms. The number of rotatable bonds is 4. The van der Waals surface area contributed by atoms with E-state index in [-0.39, 0.29) is 22.8 Å². The summed E-state index contributed by atoms with van der Waals surface area (Å²) in [7, 11) is 0. The fraction of sp³-hybridized carbons (Fsp3) is 0.235. The van der Waals surface area contributed by atoms with Gasteiger partial charge in [0.25, 0.3) is 0 Å². The van der Waals surface area contributed by atoms with E-state index >= 15 is 0 Å². The number of halogens is 2. The molecule has 0 aliphatic carbocycles. The van der Waals surface area contributed by atoms with Gasteiger partial charge in [0.05, 0.1) is 10.2 Å². The SMILES string of the molecule is O=C1CSC(c2ccc(F)c(Br)c2)N1CCc1ccc(O)cc1. The molecule has 0 radical (unpaired) electrons. The zero-order chi connectivity index (χ0) is 16.4. The van der Waals surface area contributed by atoms with Crippen molar-refractivity contribution in [1.82, 2.24) is 4.90 Å². The lowest BCUT2D eigenvalue weighted by atomic mass is 10.1. The van der Waals surface area contributed by atoms with E-state index in [0.29, 0.717) is 23.2 Å². The Morgan fingerprint density at radius 1 is 1.26 bits per heavy atom. The minimum absolute atomic E-state index is 0.0866. The molecule has 1 saturated heterocycles. The number of hydrogen-bond acceptors (Lipinski definition) is 3. The molecular formula is C17H15BrFNO2S. The van der Waals surface area contributed by atoms with Crippen LogP contribution in [0, 0.1) is 5.82 Å². The summed E-state index contributed by atoms with van der Waals surface area (Å²) in [5, 5.41) is 9.23. The van der Waals surface area contributed by atoms with E-state index < -0.39 is 0 Å². The van der Waals surface area contributed by atoms with Crippen molar-refractivity contribution >= 4 is 33.6 Å². The summed E-state index contributed by atoms with van der Waals surface area (Å²) < 4.78 is 13.8. The summed E-state index contributed by atoms with van der Waals surface area (Å²) in [6, 6.07) is 11.9. The molecule has 1 N–H and O–H groups in total. The summed E-state index contributed by atoms with van der Waals surface area (Å²) in [5.41, 5.74) is 1.98. The molecule has 120 valence electrons. The van der Waals surface area contributed by atoms with Crippen LogP contribution < -0.4 is 0 Å². The second kappa shape index (κ2) is 6.93. The Kier molecular flexibility index (Phi) is 4.92. The minimum atomic E-state index is -0.307. The van der Waals surface area contributed by atoms with Gasteiger partial charge in [-0.05, 0) is 57.7 Å². The summed E-state index contributed by atoms with van der Waals surface area (Å²) in [5.74, 6) is 0.462. The molecule has 1 unspecified atom stereocenters. The van der Waals surface area contributed by atoms with Crippen molar-refractivity contribution in [3.05, 3.63) is 63.9 Å². The quantitative estimate of drug-likeness (QED) is 0.846. The first-order chi connectivity index (χ1) is 11.0. The molecule has 0 aromatic heterocycles. The van der Waals surface area contributed by atoms with E-state index in [9.17, 15) is 14.3 Å². The number of benzene rings is 2. The van der Waals surface area contributed by atoms with E-state index in [4.69, 9.17) is 0 Å². The fourth-order valence-electron chi connectivity index (χ4n) is 2.55. The number of thioether (sulfide) groups is 1. The van der Waals surface area contributed by atoms with Crippen molar-refractivity contribution in [3.8, 4) is 5.75 Å². The van der Waals surface area contributed by atoms with Gasteiger partial charge in [0.2, 0.25) is 5.91 Å². The number of amides is 1. The highest BCUT2D eigenvalue weighted by molar-refractivity contribution is 9.10. The largest absolute Gasteiger partial charge is 0.508 e. The molecule has 1 amide bonds. The van der Waals surface area contributed by atoms with Gasteiger partial charge >= 0.3 is 0 Å². The Bertz CT molecular complexity index is 723. The van der Waals surface area contributed by atoms with Crippen molar-refractivity contribution in [2.45, 2.75) is 11.8 Å². The van der Waals surface area contributed by atoms with Crippen molar-refractivity contribution in [3.63, 3.8) is 0 Å². The molecule has 1 heterocycles. The van der Waals surface area contributed by atoms with E-state index in [2.05, 4.69) is 15.9 Å². The van der Waals surface area contributed by atoms with Gasteiger partial charge in [-0.25, -0.2) is 4.39 Å². The highest BCUT2D eigenvalue weighted by atomic mass is 79.9. The zero-order valence-corrected chi connectivity index (χ0v) is 14.6. The van der Waals surface area contributed by atoms with E-state index in [1.807, 2.05) is 17.0 Å². The Labute approximate surface area is 146 Å². The number of carbonyl (C=O) groups excluding carboxylic acids is 1. The Hall–Kier alpha value is -1.53. The van der Waals surface area contributed by atoms with Gasteiger partial charge in [-0.15, -0.1) is 11.8 Å². The number of phenolic OH excluding ortho intramolecular Hbond substituents is 1. The molecule has 1 aliphatic rings. The monoisotopic (exact) mass is 395 g/mol. The molecule has 0 spiro atoms. The van der Waals surface area contributed by atoms with Gasteiger partial charge in [-0.2, -0.15) is 0 Å². The number of nitrogens with zero attached hydrogens (tertiary/aromatic N) is 1. The third-order valence-corrected chi connectivity index (χ3v) is 5.64. The summed E-state index contributed by atoms with van der Waals surface area (Å²) in [4.78, 5) is 14.0. The molecule has 1 atom stereocenters. The smallest absolute Gasteiger partial charge is 0.233 e. The lowest BCUT2D eigenvalue weighted by molar-refractivity contribution is -0.128. The van der Waals surface area contributed by atoms with Crippen LogP contribution in [0.2, 0.25) is 0 Å². The molecule has 0 saturated carbocycles. The molecule has 23 heavy (non-hydrogen) atoms. The van der Waals surface area contributed by atoms with E-state index in [0.717, 1.165) is 11.1 Å². The van der Waals surface area contributed by atoms with Crippen molar-refractivity contribution in [2.75, 3.05) is 12.3 Å². The van der Waals surface area contributed by atoms with E-state index in [1.54, 1.807) is 36.0 Å². The fourth-order valence-corrected chi connectivity index (χ4v) is 4.15. The molecular weight excluding hydrogens is 381 g/mol. The van der Waals surface area contributed by atoms with Gasteiger partial charge in [0, 0.05) is 6.54 Å². The van der Waals surface area contributed by atoms with Crippen LogP contribution >= 0.6 is 27.7 Å². The van der Waals surface area contributed by atoms with Crippen molar-refractivity contribution in [1.29, 1.82) is 0 Å². The maximum atomic E-state index is 13.4. The van der Waals surface area contributed by atoms with Crippen molar-refractivity contribution < 1.29 is 14.3 Å². The number of aromatic hydroxyl groups is 1. The van der Waals surface area contributed by atoms with Crippen LogP contribution in [0.15, 0.2) is 46.9 Å². The van der Waals surface area contributed by atoms with Crippen LogP contribution in [0.25, 0.3) is 0 Å². The van der Waals surface area contributed by atoms with Gasteiger partial charge in [-0.1, -0.05) is 18.2 Å². The van der Waals surface area contributed by atoms with Crippen LogP contribution in [-0.4, -0.2) is 28.2 Å². The van der Waals surface area contributed by atoms with Crippen LogP contribution in [0.4, 0.5) is 4.39 Å². The van der Waals surface area contributed by atoms with Gasteiger partial charge in [-0.3, -0.25) is 4.79 Å². The number of carbonyl (C=O) groups is 1. The lowest BCUT2D eigenvalue weighted by Gasteiger charge is -2.24. The van der Waals surface area contributed by atoms with Crippen LogP contribution in [0.3, 0.4) is 0 Å². The molecule has 1 aliphatic heterocycles. The normalized spacial score (nSPS) is 17.7. The maximum absolute atomic E-state index is 13.4. The van der Waals surface area contributed by atoms with Crippen LogP contribution in [0.5, 0.6) is 5.75 Å². The molecule has 1 fully saturated rings. The second-order valence-corrected chi connectivity index (χ2v) is 7.26. The zero-order valence-electron chi connectivity index (χ0n) is 12.2. The highest BCUT2D eigenvalue weighted by Gasteiger charge is 2.32. The lowest BCUT2D eigenvalue weighted by Crippen LogP contribution is -2.30. The molecule has 2 aromatic rings. The third-order valence-electron chi connectivity index (χ3n) is 3.77. The molecule has 2 aromatic carbocycles. The molecule has 6 heteroatoms. The minimum Gasteiger partial charge on any atom is -0.508 e. The Morgan fingerprint density at radius 3 is 2.70 bits per heavy atom. The predicted molar refractivity (Wildman–Crippen MR) is 92.8 cm³/mol. The van der Waals surface area contributed by atoms with Gasteiger partial charge in [0.1, 0.15) is 16.9 Å². The average molecular weight is 396 g/mol. The predicted octanol–water partition coefficient (Wildman–Crippen LogP) is 4.11. The van der Waals surface area contributed by atoms with Crippen molar-refractivity contribution in [2.24, 2.45) is 0 Å². The first-order valence-electron chi connectivity index (χ1n) is 7.18. The topological polar surface area (TPSA) is 40.5 Å². The summed E-state index contributed by atoms with van der Waals surface area (Å²) in [6.45, 7) is 0.594. The van der Waals surface area contributed by atoms with E-state index in [1.165, 1.54) is 6.07 Å². The van der Waals surface area contributed by atoms with Crippen LogP contribution in [-0.2, 0) is 11.2 Å². The summed E-state index contributed by atoms with van der Waals surface area (Å²) >= 11 is 4.76. The Balaban J connectivity index is 1.74. The number of hydrogen-bond donors (Lipinski definition) is 1.